The van der Waals surface area contributed by atoms with Crippen molar-refractivity contribution in [3.63, 3.8) is 0 Å². The highest BCUT2D eigenvalue weighted by Crippen LogP contribution is 2.20. The summed E-state index contributed by atoms with van der Waals surface area (Å²) in [5.74, 6) is 1.25. The second-order valence-electron chi connectivity index (χ2n) is 7.59. The van der Waals surface area contributed by atoms with E-state index in [2.05, 4.69) is 58.6 Å². The second-order valence-corrected chi connectivity index (χ2v) is 9.57. The molecule has 1 aliphatic rings. The van der Waals surface area contributed by atoms with Gasteiger partial charge in [-0.2, -0.15) is 0 Å². The van der Waals surface area contributed by atoms with Crippen LogP contribution in [0.25, 0.3) is 0 Å². The number of likely N-dealkylation sites (N-methyl/N-ethyl adjacent to an activating group) is 1. The number of rotatable bonds is 9. The van der Waals surface area contributed by atoms with Crippen LogP contribution in [-0.2, 0) is 10.0 Å². The monoisotopic (exact) mass is 551 g/mol. The Balaban J connectivity index is 0.00000450. The maximum atomic E-state index is 11.7. The average Bonchev–Trinajstić information content (AvgIpc) is 2.73. The number of hydrogen-bond donors (Lipinski definition) is 2. The minimum atomic E-state index is -3.07. The smallest absolute Gasteiger partial charge is 0.211 e. The molecule has 1 aromatic carbocycles. The summed E-state index contributed by atoms with van der Waals surface area (Å²) in [6, 6.07) is 10.9. The van der Waals surface area contributed by atoms with Crippen LogP contribution in [0.5, 0.6) is 0 Å². The fourth-order valence-corrected chi connectivity index (χ4v) is 4.77. The summed E-state index contributed by atoms with van der Waals surface area (Å²) in [7, 11) is -1.28. The van der Waals surface area contributed by atoms with Crippen molar-refractivity contribution in [1.82, 2.24) is 19.8 Å². The highest BCUT2D eigenvalue weighted by atomic mass is 127. The number of piperidine rings is 1. The van der Waals surface area contributed by atoms with Gasteiger partial charge < -0.3 is 10.6 Å². The van der Waals surface area contributed by atoms with Crippen molar-refractivity contribution in [2.45, 2.75) is 32.7 Å². The molecule has 2 rings (SSSR count). The summed E-state index contributed by atoms with van der Waals surface area (Å²) in [4.78, 5) is 6.81. The number of aliphatic imine (C=N–C) groups is 1. The molecular weight excluding hydrogens is 513 g/mol. The lowest BCUT2D eigenvalue weighted by Crippen LogP contribution is -2.46. The first-order chi connectivity index (χ1) is 13.9. The molecule has 172 valence electrons. The SMILES string of the molecule is CCN(CC)C(CNC(=NC)NCC1CCN(S(C)(=O)=O)CC1)c1ccccc1.I. The van der Waals surface area contributed by atoms with Crippen LogP contribution >= 0.6 is 24.0 Å². The fourth-order valence-electron chi connectivity index (χ4n) is 3.90. The third kappa shape index (κ3) is 8.32. The molecule has 0 aromatic heterocycles. The van der Waals surface area contributed by atoms with Gasteiger partial charge in [-0.05, 0) is 37.4 Å². The van der Waals surface area contributed by atoms with E-state index in [-0.39, 0.29) is 30.0 Å². The maximum Gasteiger partial charge on any atom is 0.211 e. The van der Waals surface area contributed by atoms with Crippen LogP contribution in [0, 0.1) is 5.92 Å². The average molecular weight is 552 g/mol. The topological polar surface area (TPSA) is 77.0 Å². The summed E-state index contributed by atoms with van der Waals surface area (Å²) < 4.78 is 24.9. The van der Waals surface area contributed by atoms with Gasteiger partial charge in [0.1, 0.15) is 0 Å². The Hall–Kier alpha value is -0.910. The summed E-state index contributed by atoms with van der Waals surface area (Å²) in [6.07, 6.45) is 3.04. The van der Waals surface area contributed by atoms with E-state index >= 15 is 0 Å². The Morgan fingerprint density at radius 2 is 1.77 bits per heavy atom. The standard InChI is InChI=1S/C21H37N5O2S.HI/c1-5-25(6-2)20(19-10-8-7-9-11-19)17-24-21(22-3)23-16-18-12-14-26(15-13-18)29(4,27)28;/h7-11,18,20H,5-6,12-17H2,1-4H3,(H2,22,23,24);1H. The molecule has 7 nitrogen and oxygen atoms in total. The first-order valence-electron chi connectivity index (χ1n) is 10.6. The molecule has 0 spiro atoms. The molecule has 1 fully saturated rings. The molecule has 1 saturated heterocycles. The van der Waals surface area contributed by atoms with E-state index in [0.717, 1.165) is 45.0 Å². The molecule has 1 aliphatic heterocycles. The molecule has 1 heterocycles. The van der Waals surface area contributed by atoms with E-state index in [9.17, 15) is 8.42 Å². The van der Waals surface area contributed by atoms with Crippen molar-refractivity contribution in [2.24, 2.45) is 10.9 Å². The van der Waals surface area contributed by atoms with Gasteiger partial charge in [0.15, 0.2) is 5.96 Å². The van der Waals surface area contributed by atoms with Crippen LogP contribution in [0.3, 0.4) is 0 Å². The molecule has 0 bridgehead atoms. The van der Waals surface area contributed by atoms with Crippen molar-refractivity contribution in [1.29, 1.82) is 0 Å². The molecule has 0 radical (unpaired) electrons. The molecule has 0 saturated carbocycles. The van der Waals surface area contributed by atoms with Gasteiger partial charge in [0.2, 0.25) is 10.0 Å². The van der Waals surface area contributed by atoms with Gasteiger partial charge in [0.25, 0.3) is 0 Å². The first kappa shape index (κ1) is 27.1. The number of sulfonamides is 1. The van der Waals surface area contributed by atoms with E-state index in [1.807, 2.05) is 6.07 Å². The summed E-state index contributed by atoms with van der Waals surface area (Å²) in [5, 5.41) is 6.91. The third-order valence-electron chi connectivity index (χ3n) is 5.72. The molecule has 9 heteroatoms. The lowest BCUT2D eigenvalue weighted by Gasteiger charge is -2.32. The van der Waals surface area contributed by atoms with Gasteiger partial charge in [-0.3, -0.25) is 9.89 Å². The van der Waals surface area contributed by atoms with Crippen LogP contribution in [0.4, 0.5) is 0 Å². The highest BCUT2D eigenvalue weighted by molar-refractivity contribution is 14.0. The number of nitrogens with one attached hydrogen (secondary N) is 2. The summed E-state index contributed by atoms with van der Waals surface area (Å²) in [5.41, 5.74) is 1.30. The van der Waals surface area contributed by atoms with E-state index < -0.39 is 10.0 Å². The summed E-state index contributed by atoms with van der Waals surface area (Å²) >= 11 is 0. The van der Waals surface area contributed by atoms with E-state index in [4.69, 9.17) is 0 Å². The zero-order chi connectivity index (χ0) is 21.3. The predicted octanol–water partition coefficient (Wildman–Crippen LogP) is 2.52. The van der Waals surface area contributed by atoms with Gasteiger partial charge in [-0.15, -0.1) is 24.0 Å². The minimum absolute atomic E-state index is 0. The lowest BCUT2D eigenvalue weighted by molar-refractivity contribution is 0.218. The Morgan fingerprint density at radius 3 is 2.27 bits per heavy atom. The number of hydrogen-bond acceptors (Lipinski definition) is 4. The van der Waals surface area contributed by atoms with E-state index in [0.29, 0.717) is 19.0 Å². The van der Waals surface area contributed by atoms with Gasteiger partial charge >= 0.3 is 0 Å². The third-order valence-corrected chi connectivity index (χ3v) is 7.03. The molecule has 30 heavy (non-hydrogen) atoms. The number of benzene rings is 1. The molecule has 2 N–H and O–H groups in total. The first-order valence-corrected chi connectivity index (χ1v) is 12.4. The Bertz CT molecular complexity index is 733. The highest BCUT2D eigenvalue weighted by Gasteiger charge is 2.25. The van der Waals surface area contributed by atoms with Crippen LogP contribution in [0.1, 0.15) is 38.3 Å². The Kier molecular flexibility index (Phi) is 12.2. The number of halogens is 1. The molecule has 1 unspecified atom stereocenters. The molecular formula is C21H38IN5O2S. The van der Waals surface area contributed by atoms with E-state index in [1.165, 1.54) is 11.8 Å². The van der Waals surface area contributed by atoms with Gasteiger partial charge in [-0.25, -0.2) is 12.7 Å². The summed E-state index contributed by atoms with van der Waals surface area (Å²) in [6.45, 7) is 9.15. The van der Waals surface area contributed by atoms with Crippen LogP contribution in [-0.4, -0.2) is 76.2 Å². The van der Waals surface area contributed by atoms with Crippen molar-refractivity contribution in [3.05, 3.63) is 35.9 Å². The predicted molar refractivity (Wildman–Crippen MR) is 136 cm³/mol. The van der Waals surface area contributed by atoms with E-state index in [1.54, 1.807) is 11.4 Å². The van der Waals surface area contributed by atoms with Crippen molar-refractivity contribution < 1.29 is 8.42 Å². The molecule has 0 amide bonds. The van der Waals surface area contributed by atoms with Crippen LogP contribution in [0.2, 0.25) is 0 Å². The quantitative estimate of drug-likeness (QED) is 0.280. The zero-order valence-corrected chi connectivity index (χ0v) is 21.8. The lowest BCUT2D eigenvalue weighted by atomic mass is 9.98. The molecule has 0 aliphatic carbocycles. The number of guanidine groups is 1. The zero-order valence-electron chi connectivity index (χ0n) is 18.7. The van der Waals surface area contributed by atoms with Crippen molar-refractivity contribution >= 4 is 40.0 Å². The number of nitrogens with zero attached hydrogens (tertiary/aromatic N) is 3. The Morgan fingerprint density at radius 1 is 1.17 bits per heavy atom. The Labute approximate surface area is 199 Å². The minimum Gasteiger partial charge on any atom is -0.356 e. The van der Waals surface area contributed by atoms with Crippen LogP contribution < -0.4 is 10.6 Å². The molecule has 1 aromatic rings. The second kappa shape index (κ2) is 13.5. The van der Waals surface area contributed by atoms with Crippen molar-refractivity contribution in [3.8, 4) is 0 Å². The van der Waals surface area contributed by atoms with Crippen molar-refractivity contribution in [2.75, 3.05) is 52.6 Å². The van der Waals surface area contributed by atoms with Crippen LogP contribution in [0.15, 0.2) is 35.3 Å². The molecule has 1 atom stereocenters. The van der Waals surface area contributed by atoms with Gasteiger partial charge in [0, 0.05) is 33.2 Å². The van der Waals surface area contributed by atoms with Gasteiger partial charge in [0.05, 0.1) is 12.3 Å². The maximum absolute atomic E-state index is 11.7. The largest absolute Gasteiger partial charge is 0.356 e. The van der Waals surface area contributed by atoms with Gasteiger partial charge in [-0.1, -0.05) is 44.2 Å². The normalized spacial score (nSPS) is 17.4. The fraction of sp³-hybridized carbons (Fsp3) is 0.667.